The van der Waals surface area contributed by atoms with E-state index in [1.54, 1.807) is 6.07 Å². The summed E-state index contributed by atoms with van der Waals surface area (Å²) in [6.45, 7) is 3.89. The zero-order valence-corrected chi connectivity index (χ0v) is 10.4. The number of aryl methyl sites for hydroxylation is 1. The molecule has 0 bridgehead atoms. The molecule has 0 fully saturated rings. The first-order chi connectivity index (χ1) is 8.60. The maximum atomic E-state index is 11.7. The summed E-state index contributed by atoms with van der Waals surface area (Å²) in [4.78, 5) is 15.9. The van der Waals surface area contributed by atoms with Crippen LogP contribution in [0.5, 0.6) is 0 Å². The first kappa shape index (κ1) is 12.4. The highest BCUT2D eigenvalue weighted by atomic mass is 16.4. The van der Waals surface area contributed by atoms with Crippen LogP contribution in [0.2, 0.25) is 0 Å². The van der Waals surface area contributed by atoms with Crippen LogP contribution < -0.4 is 5.63 Å². The van der Waals surface area contributed by atoms with Crippen molar-refractivity contribution in [3.8, 4) is 0 Å². The normalized spacial score (nSPS) is 12.0. The summed E-state index contributed by atoms with van der Waals surface area (Å²) >= 11 is 0. The second-order valence-corrected chi connectivity index (χ2v) is 4.24. The zero-order chi connectivity index (χ0) is 13.1. The van der Waals surface area contributed by atoms with Crippen LogP contribution in [-0.2, 0) is 0 Å². The molecule has 18 heavy (non-hydrogen) atoms. The molecule has 0 unspecified atom stereocenters. The van der Waals surface area contributed by atoms with E-state index in [0.717, 1.165) is 12.0 Å². The maximum absolute atomic E-state index is 11.7. The molecule has 0 aliphatic carbocycles. The third kappa shape index (κ3) is 2.59. The number of hydrogen-bond acceptors (Lipinski definition) is 4. The lowest BCUT2D eigenvalue weighted by atomic mass is 10.2. The van der Waals surface area contributed by atoms with Crippen molar-refractivity contribution >= 4 is 17.2 Å². The van der Waals surface area contributed by atoms with E-state index >= 15 is 0 Å². The van der Waals surface area contributed by atoms with Crippen LogP contribution >= 0.6 is 0 Å². The van der Waals surface area contributed by atoms with Crippen molar-refractivity contribution in [1.82, 2.24) is 4.98 Å². The summed E-state index contributed by atoms with van der Waals surface area (Å²) in [5, 5.41) is 9.59. The molecule has 0 saturated carbocycles. The van der Waals surface area contributed by atoms with Crippen molar-refractivity contribution in [2.75, 3.05) is 0 Å². The Labute approximate surface area is 105 Å². The largest absolute Gasteiger partial charge is 0.512 e. The number of rotatable bonds is 3. The fraction of sp³-hybridized carbons (Fsp3) is 0.286. The number of allylic oxidation sites excluding steroid dienone is 1. The molecule has 1 aromatic carbocycles. The zero-order valence-electron chi connectivity index (χ0n) is 10.4. The third-order valence-electron chi connectivity index (χ3n) is 2.58. The van der Waals surface area contributed by atoms with Gasteiger partial charge in [-0.15, -0.1) is 0 Å². The minimum Gasteiger partial charge on any atom is -0.512 e. The number of nitrogens with zero attached hydrogens (tertiary/aromatic N) is 1. The Morgan fingerprint density at radius 2 is 2.28 bits per heavy atom. The molecule has 0 amide bonds. The van der Waals surface area contributed by atoms with Gasteiger partial charge in [-0.05, 0) is 31.0 Å². The van der Waals surface area contributed by atoms with Crippen LogP contribution in [0.3, 0.4) is 0 Å². The fourth-order valence-electron chi connectivity index (χ4n) is 1.71. The second-order valence-electron chi connectivity index (χ2n) is 4.24. The van der Waals surface area contributed by atoms with Crippen LogP contribution in [-0.4, -0.2) is 10.1 Å². The smallest absolute Gasteiger partial charge is 0.362 e. The number of hydrogen-bond donors (Lipinski definition) is 1. The van der Waals surface area contributed by atoms with Gasteiger partial charge in [-0.25, -0.2) is 9.78 Å². The number of aliphatic hydroxyl groups is 1. The predicted molar refractivity (Wildman–Crippen MR) is 70.5 cm³/mol. The fourth-order valence-corrected chi connectivity index (χ4v) is 1.71. The lowest BCUT2D eigenvalue weighted by Crippen LogP contribution is -2.06. The average molecular weight is 245 g/mol. The van der Waals surface area contributed by atoms with Crippen LogP contribution in [0.25, 0.3) is 17.2 Å². The Hall–Kier alpha value is -2.10. The van der Waals surface area contributed by atoms with E-state index in [4.69, 9.17) is 4.42 Å². The Balaban J connectivity index is 2.55. The summed E-state index contributed by atoms with van der Waals surface area (Å²) in [7, 11) is 0. The molecule has 1 N–H and O–H groups in total. The molecule has 4 heteroatoms. The van der Waals surface area contributed by atoms with Gasteiger partial charge in [0.1, 0.15) is 5.52 Å². The highest BCUT2D eigenvalue weighted by molar-refractivity contribution is 5.73. The molecule has 1 heterocycles. The first-order valence-electron chi connectivity index (χ1n) is 5.91. The van der Waals surface area contributed by atoms with E-state index in [9.17, 15) is 9.90 Å². The highest BCUT2D eigenvalue weighted by Crippen LogP contribution is 2.13. The molecular formula is C14H15NO3. The first-order valence-corrected chi connectivity index (χ1v) is 5.91. The van der Waals surface area contributed by atoms with Gasteiger partial charge in [0.25, 0.3) is 0 Å². The number of fused-ring (bicyclic) bond motifs is 1. The van der Waals surface area contributed by atoms with E-state index in [2.05, 4.69) is 4.98 Å². The molecule has 0 radical (unpaired) electrons. The van der Waals surface area contributed by atoms with Crippen molar-refractivity contribution in [3.05, 3.63) is 45.6 Å². The Bertz CT molecular complexity index is 656. The van der Waals surface area contributed by atoms with Gasteiger partial charge < -0.3 is 9.52 Å². The van der Waals surface area contributed by atoms with Crippen LogP contribution in [0.4, 0.5) is 0 Å². The minimum atomic E-state index is -0.533. The molecule has 0 aliphatic heterocycles. The van der Waals surface area contributed by atoms with Gasteiger partial charge in [0, 0.05) is 12.5 Å². The molecule has 0 saturated heterocycles. The van der Waals surface area contributed by atoms with E-state index in [1.807, 2.05) is 26.0 Å². The molecule has 0 spiro atoms. The predicted octanol–water partition coefficient (Wildman–Crippen LogP) is 3.20. The molecule has 94 valence electrons. The minimum absolute atomic E-state index is 0.138. The van der Waals surface area contributed by atoms with Gasteiger partial charge in [0.05, 0.1) is 5.76 Å². The summed E-state index contributed by atoms with van der Waals surface area (Å²) < 4.78 is 5.15. The van der Waals surface area contributed by atoms with E-state index in [1.165, 1.54) is 6.08 Å². The standard InChI is InChI=1S/C14H15NO3/c1-3-4-10(16)8-12-14(17)18-13-6-5-9(2)7-11(13)15-12/h5-8,16H,3-4H2,1-2H3/b10-8-. The van der Waals surface area contributed by atoms with E-state index in [0.29, 0.717) is 17.5 Å². The van der Waals surface area contributed by atoms with Gasteiger partial charge in [0.15, 0.2) is 11.3 Å². The summed E-state index contributed by atoms with van der Waals surface area (Å²) in [5.41, 5.74) is 1.72. The molecule has 2 rings (SSSR count). The quantitative estimate of drug-likeness (QED) is 0.843. The molecule has 1 aromatic heterocycles. The third-order valence-corrected chi connectivity index (χ3v) is 2.58. The van der Waals surface area contributed by atoms with Gasteiger partial charge in [-0.2, -0.15) is 0 Å². The van der Waals surface area contributed by atoms with E-state index in [-0.39, 0.29) is 11.5 Å². The van der Waals surface area contributed by atoms with Crippen molar-refractivity contribution in [1.29, 1.82) is 0 Å². The van der Waals surface area contributed by atoms with Gasteiger partial charge in [-0.3, -0.25) is 0 Å². The van der Waals surface area contributed by atoms with E-state index < -0.39 is 5.63 Å². The Morgan fingerprint density at radius 1 is 1.50 bits per heavy atom. The van der Waals surface area contributed by atoms with Crippen molar-refractivity contribution in [2.45, 2.75) is 26.7 Å². The molecule has 4 nitrogen and oxygen atoms in total. The molecular weight excluding hydrogens is 230 g/mol. The SMILES string of the molecule is CCC/C(O)=C/c1nc2cc(C)ccc2oc1=O. The topological polar surface area (TPSA) is 63.3 Å². The monoisotopic (exact) mass is 245 g/mol. The Kier molecular flexibility index (Phi) is 3.46. The summed E-state index contributed by atoms with van der Waals surface area (Å²) in [6.07, 6.45) is 2.70. The number of aromatic nitrogens is 1. The van der Waals surface area contributed by atoms with Crippen LogP contribution in [0.1, 0.15) is 31.0 Å². The van der Waals surface area contributed by atoms with Crippen LogP contribution in [0.15, 0.2) is 33.2 Å². The lowest BCUT2D eigenvalue weighted by molar-refractivity contribution is 0.392. The Morgan fingerprint density at radius 3 is 3.00 bits per heavy atom. The average Bonchev–Trinajstić information content (AvgIpc) is 2.31. The van der Waals surface area contributed by atoms with Crippen LogP contribution in [0, 0.1) is 6.92 Å². The van der Waals surface area contributed by atoms with Crippen molar-refractivity contribution in [2.24, 2.45) is 0 Å². The van der Waals surface area contributed by atoms with Gasteiger partial charge in [0.2, 0.25) is 0 Å². The van der Waals surface area contributed by atoms with Gasteiger partial charge >= 0.3 is 5.63 Å². The maximum Gasteiger partial charge on any atom is 0.362 e. The summed E-state index contributed by atoms with van der Waals surface area (Å²) in [5.74, 6) is 0.143. The molecule has 2 aromatic rings. The van der Waals surface area contributed by atoms with Crippen molar-refractivity contribution < 1.29 is 9.52 Å². The van der Waals surface area contributed by atoms with Crippen molar-refractivity contribution in [3.63, 3.8) is 0 Å². The second kappa shape index (κ2) is 5.04. The lowest BCUT2D eigenvalue weighted by Gasteiger charge is -2.00. The molecule has 0 aliphatic rings. The summed E-state index contributed by atoms with van der Waals surface area (Å²) in [6, 6.07) is 5.42. The highest BCUT2D eigenvalue weighted by Gasteiger charge is 2.06. The van der Waals surface area contributed by atoms with Gasteiger partial charge in [-0.1, -0.05) is 13.0 Å². The number of aliphatic hydroxyl groups excluding tert-OH is 1. The molecule has 0 atom stereocenters. The number of benzene rings is 1.